The predicted molar refractivity (Wildman–Crippen MR) is 266 cm³/mol. The van der Waals surface area contributed by atoms with E-state index in [0.29, 0.717) is 0 Å². The standard InChI is InChI=1S/C60H48N2/c1-3-4-16-45(2)46-27-35-55(36-28-46)61(56-37-29-50(30-38-56)47-17-8-5-9-18-47)57-39-31-51(32-40-57)52-33-41-58(42-34-52)62(59-25-14-23-53(43-59)48-19-10-6-11-20-48)60-26-15-24-54(44-60)49-21-12-7-13-22-49/h3-44H,1-2H3/b4-3-,45-16+. The lowest BCUT2D eigenvalue weighted by molar-refractivity contribution is 1.28. The molecule has 9 aromatic carbocycles. The molecule has 9 rings (SSSR count). The predicted octanol–water partition coefficient (Wildman–Crippen LogP) is 17.3. The van der Waals surface area contributed by atoms with Crippen molar-refractivity contribution in [3.8, 4) is 44.5 Å². The number of hydrogen-bond donors (Lipinski definition) is 0. The molecular formula is C60H48N2. The third-order valence-electron chi connectivity index (χ3n) is 11.4. The number of rotatable bonds is 12. The maximum Gasteiger partial charge on any atom is 0.0467 e. The van der Waals surface area contributed by atoms with Crippen molar-refractivity contribution in [3.05, 3.63) is 260 Å². The number of anilines is 6. The fourth-order valence-corrected chi connectivity index (χ4v) is 8.05. The number of benzene rings is 9. The number of hydrogen-bond acceptors (Lipinski definition) is 2. The summed E-state index contributed by atoms with van der Waals surface area (Å²) in [4.78, 5) is 4.69. The fraction of sp³-hybridized carbons (Fsp3) is 0.0333. The van der Waals surface area contributed by atoms with Gasteiger partial charge in [0.15, 0.2) is 0 Å². The Labute approximate surface area is 366 Å². The SMILES string of the molecule is C/C=C\C=C(/C)c1ccc(N(c2ccc(-c3ccccc3)cc2)c2ccc(-c3ccc(N(c4cccc(-c5ccccc5)c4)c4cccc(-c5ccccc5)c4)cc3)cc2)cc1. The monoisotopic (exact) mass is 796 g/mol. The van der Waals surface area contributed by atoms with Crippen LogP contribution in [0.1, 0.15) is 19.4 Å². The summed E-state index contributed by atoms with van der Waals surface area (Å²) in [5, 5.41) is 0. The zero-order chi connectivity index (χ0) is 42.1. The molecule has 0 heterocycles. The highest BCUT2D eigenvalue weighted by atomic mass is 15.1. The second-order valence-corrected chi connectivity index (χ2v) is 15.4. The highest BCUT2D eigenvalue weighted by Crippen LogP contribution is 2.41. The van der Waals surface area contributed by atoms with Gasteiger partial charge >= 0.3 is 0 Å². The first kappa shape index (κ1) is 39.5. The molecule has 0 aliphatic carbocycles. The molecule has 0 amide bonds. The maximum atomic E-state index is 2.36. The van der Waals surface area contributed by atoms with Crippen molar-refractivity contribution in [1.82, 2.24) is 0 Å². The Bertz CT molecular complexity index is 2830. The molecule has 0 unspecified atom stereocenters. The van der Waals surface area contributed by atoms with Crippen LogP contribution in [0.5, 0.6) is 0 Å². The molecule has 2 nitrogen and oxygen atoms in total. The molecule has 0 N–H and O–H groups in total. The van der Waals surface area contributed by atoms with Crippen LogP contribution >= 0.6 is 0 Å². The van der Waals surface area contributed by atoms with Gasteiger partial charge in [0, 0.05) is 34.1 Å². The Morgan fingerprint density at radius 2 is 0.613 bits per heavy atom. The van der Waals surface area contributed by atoms with Crippen LogP contribution < -0.4 is 9.80 Å². The van der Waals surface area contributed by atoms with E-state index in [9.17, 15) is 0 Å². The van der Waals surface area contributed by atoms with Crippen molar-refractivity contribution < 1.29 is 0 Å². The van der Waals surface area contributed by atoms with E-state index in [-0.39, 0.29) is 0 Å². The lowest BCUT2D eigenvalue weighted by Crippen LogP contribution is -2.10. The zero-order valence-corrected chi connectivity index (χ0v) is 35.1. The highest BCUT2D eigenvalue weighted by Gasteiger charge is 2.17. The zero-order valence-electron chi connectivity index (χ0n) is 35.1. The van der Waals surface area contributed by atoms with E-state index in [0.717, 1.165) is 45.3 Å². The van der Waals surface area contributed by atoms with Gasteiger partial charge in [0.2, 0.25) is 0 Å². The van der Waals surface area contributed by atoms with Crippen LogP contribution in [0.15, 0.2) is 255 Å². The van der Waals surface area contributed by atoms with Crippen molar-refractivity contribution in [2.24, 2.45) is 0 Å². The first-order valence-corrected chi connectivity index (χ1v) is 21.3. The number of nitrogens with zero attached hydrogens (tertiary/aromatic N) is 2. The molecule has 0 atom stereocenters. The van der Waals surface area contributed by atoms with E-state index in [1.807, 2.05) is 6.92 Å². The molecule has 0 aliphatic rings. The summed E-state index contributed by atoms with van der Waals surface area (Å²) < 4.78 is 0. The highest BCUT2D eigenvalue weighted by molar-refractivity contribution is 5.84. The van der Waals surface area contributed by atoms with Crippen LogP contribution in [-0.4, -0.2) is 0 Å². The molecule has 0 saturated heterocycles. The van der Waals surface area contributed by atoms with Crippen molar-refractivity contribution in [2.45, 2.75) is 13.8 Å². The molecule has 0 aromatic heterocycles. The van der Waals surface area contributed by atoms with Crippen LogP contribution in [0.4, 0.5) is 34.1 Å². The third kappa shape index (κ3) is 8.82. The molecule has 2 heteroatoms. The molecule has 0 bridgehead atoms. The largest absolute Gasteiger partial charge is 0.311 e. The van der Waals surface area contributed by atoms with Gasteiger partial charge in [-0.05, 0) is 142 Å². The summed E-state index contributed by atoms with van der Waals surface area (Å²) in [5.74, 6) is 0. The van der Waals surface area contributed by atoms with Crippen molar-refractivity contribution in [2.75, 3.05) is 9.80 Å². The first-order chi connectivity index (χ1) is 30.6. The molecule has 0 spiro atoms. The van der Waals surface area contributed by atoms with Gasteiger partial charge in [0.1, 0.15) is 0 Å². The van der Waals surface area contributed by atoms with Crippen molar-refractivity contribution in [1.29, 1.82) is 0 Å². The quantitative estimate of drug-likeness (QED) is 0.114. The van der Waals surface area contributed by atoms with Gasteiger partial charge in [-0.3, -0.25) is 0 Å². The minimum atomic E-state index is 1.09. The summed E-state index contributed by atoms with van der Waals surface area (Å²) in [6, 6.07) is 85.0. The fourth-order valence-electron chi connectivity index (χ4n) is 8.05. The lowest BCUT2D eigenvalue weighted by Gasteiger charge is -2.27. The number of allylic oxidation sites excluding steroid dienone is 4. The van der Waals surface area contributed by atoms with E-state index >= 15 is 0 Å². The van der Waals surface area contributed by atoms with Crippen LogP contribution in [0, 0.1) is 0 Å². The van der Waals surface area contributed by atoms with Gasteiger partial charge in [-0.2, -0.15) is 0 Å². The van der Waals surface area contributed by atoms with Crippen molar-refractivity contribution >= 4 is 39.7 Å². The summed E-state index contributed by atoms with van der Waals surface area (Å²) >= 11 is 0. The molecular weight excluding hydrogens is 749 g/mol. The molecule has 0 aliphatic heterocycles. The van der Waals surface area contributed by atoms with Gasteiger partial charge in [0.05, 0.1) is 0 Å². The topological polar surface area (TPSA) is 6.48 Å². The van der Waals surface area contributed by atoms with Gasteiger partial charge in [-0.25, -0.2) is 0 Å². The van der Waals surface area contributed by atoms with Gasteiger partial charge < -0.3 is 9.80 Å². The summed E-state index contributed by atoms with van der Waals surface area (Å²) in [6.45, 7) is 4.20. The average Bonchev–Trinajstić information content (AvgIpc) is 3.35. The first-order valence-electron chi connectivity index (χ1n) is 21.3. The average molecular weight is 797 g/mol. The van der Waals surface area contributed by atoms with Gasteiger partial charge in [-0.15, -0.1) is 0 Å². The molecule has 298 valence electrons. The summed E-state index contributed by atoms with van der Waals surface area (Å²) in [5.41, 5.74) is 18.5. The second-order valence-electron chi connectivity index (χ2n) is 15.4. The second kappa shape index (κ2) is 18.5. The van der Waals surface area contributed by atoms with Crippen LogP contribution in [-0.2, 0) is 0 Å². The van der Waals surface area contributed by atoms with E-state index in [4.69, 9.17) is 0 Å². The Morgan fingerprint density at radius 1 is 0.306 bits per heavy atom. The van der Waals surface area contributed by atoms with Gasteiger partial charge in [-0.1, -0.05) is 182 Å². The normalized spacial score (nSPS) is 11.4. The smallest absolute Gasteiger partial charge is 0.0467 e. The Hall–Kier alpha value is -7.94. The molecule has 62 heavy (non-hydrogen) atoms. The third-order valence-corrected chi connectivity index (χ3v) is 11.4. The summed E-state index contributed by atoms with van der Waals surface area (Å²) in [6.07, 6.45) is 6.30. The van der Waals surface area contributed by atoms with E-state index in [1.54, 1.807) is 0 Å². The summed E-state index contributed by atoms with van der Waals surface area (Å²) in [7, 11) is 0. The molecule has 0 saturated carbocycles. The van der Waals surface area contributed by atoms with Crippen LogP contribution in [0.25, 0.3) is 50.1 Å². The Kier molecular flexibility index (Phi) is 11.8. The van der Waals surface area contributed by atoms with Crippen LogP contribution in [0.2, 0.25) is 0 Å². The minimum absolute atomic E-state index is 1.09. The van der Waals surface area contributed by atoms with Crippen LogP contribution in [0.3, 0.4) is 0 Å². The van der Waals surface area contributed by atoms with E-state index < -0.39 is 0 Å². The Balaban J connectivity index is 1.05. The molecule has 0 radical (unpaired) electrons. The molecule has 0 fully saturated rings. The maximum absolute atomic E-state index is 2.36. The van der Waals surface area contributed by atoms with Crippen molar-refractivity contribution in [3.63, 3.8) is 0 Å². The lowest BCUT2D eigenvalue weighted by atomic mass is 10.0. The molecule has 9 aromatic rings. The van der Waals surface area contributed by atoms with E-state index in [2.05, 4.69) is 272 Å². The van der Waals surface area contributed by atoms with Gasteiger partial charge in [0.25, 0.3) is 0 Å². The Morgan fingerprint density at radius 3 is 0.984 bits per heavy atom. The van der Waals surface area contributed by atoms with E-state index in [1.165, 1.54) is 44.5 Å². The minimum Gasteiger partial charge on any atom is -0.311 e.